The molecule has 3 rings (SSSR count). The fourth-order valence-corrected chi connectivity index (χ4v) is 2.90. The third kappa shape index (κ3) is 4.91. The first-order chi connectivity index (χ1) is 12.9. The molecule has 0 spiro atoms. The fraction of sp³-hybridized carbons (Fsp3) is 0.300. The number of benzene rings is 2. The monoisotopic (exact) mass is 390 g/mol. The van der Waals surface area contributed by atoms with E-state index in [2.05, 4.69) is 5.10 Å². The van der Waals surface area contributed by atoms with Gasteiger partial charge in [-0.2, -0.15) is 5.10 Å². The standard InChI is InChI=1S/C20H20ClFN2O3/c1-13(20-26-14(2)27-20)23-24(12-15-7-4-3-5-8-15)19(25)11-16-17(21)9-6-10-18(16)22/h3-10,14,20H,11-12H2,1-2H3/b23-13-. The second kappa shape index (κ2) is 8.61. The van der Waals surface area contributed by atoms with Crippen LogP contribution in [0.3, 0.4) is 0 Å². The molecule has 0 aliphatic carbocycles. The first-order valence-corrected chi connectivity index (χ1v) is 8.95. The van der Waals surface area contributed by atoms with Crippen molar-refractivity contribution in [1.82, 2.24) is 5.01 Å². The van der Waals surface area contributed by atoms with E-state index in [1.807, 2.05) is 30.3 Å². The van der Waals surface area contributed by atoms with Crippen LogP contribution in [0.4, 0.5) is 4.39 Å². The highest BCUT2D eigenvalue weighted by molar-refractivity contribution is 6.31. The lowest BCUT2D eigenvalue weighted by Gasteiger charge is -2.34. The first-order valence-electron chi connectivity index (χ1n) is 8.57. The van der Waals surface area contributed by atoms with Gasteiger partial charge in [0.25, 0.3) is 0 Å². The Bertz CT molecular complexity index is 818. The summed E-state index contributed by atoms with van der Waals surface area (Å²) in [5.74, 6) is -0.895. The summed E-state index contributed by atoms with van der Waals surface area (Å²) in [5, 5.41) is 5.87. The van der Waals surface area contributed by atoms with Crippen LogP contribution in [0.15, 0.2) is 53.6 Å². The summed E-state index contributed by atoms with van der Waals surface area (Å²) in [6, 6.07) is 13.8. The molecule has 142 valence electrons. The van der Waals surface area contributed by atoms with Gasteiger partial charge in [-0.05, 0) is 31.5 Å². The molecule has 5 nitrogen and oxygen atoms in total. The van der Waals surface area contributed by atoms with Gasteiger partial charge in [0, 0.05) is 10.6 Å². The van der Waals surface area contributed by atoms with Crippen molar-refractivity contribution in [3.05, 3.63) is 70.5 Å². The van der Waals surface area contributed by atoms with Crippen LogP contribution in [0.5, 0.6) is 0 Å². The Morgan fingerprint density at radius 2 is 1.89 bits per heavy atom. The number of hydrogen-bond acceptors (Lipinski definition) is 4. The van der Waals surface area contributed by atoms with Gasteiger partial charge in [0.05, 0.1) is 18.7 Å². The molecule has 1 saturated heterocycles. The molecule has 0 atom stereocenters. The van der Waals surface area contributed by atoms with Gasteiger partial charge in [-0.3, -0.25) is 4.79 Å². The number of halogens is 2. The van der Waals surface area contributed by atoms with Gasteiger partial charge in [-0.1, -0.05) is 48.0 Å². The zero-order valence-electron chi connectivity index (χ0n) is 15.1. The molecule has 0 unspecified atom stereocenters. The minimum Gasteiger partial charge on any atom is -0.318 e. The molecule has 1 aliphatic rings. The Morgan fingerprint density at radius 3 is 2.52 bits per heavy atom. The highest BCUT2D eigenvalue weighted by Crippen LogP contribution is 2.22. The Morgan fingerprint density at radius 1 is 1.19 bits per heavy atom. The number of amides is 1. The highest BCUT2D eigenvalue weighted by atomic mass is 35.5. The van der Waals surface area contributed by atoms with E-state index >= 15 is 0 Å². The molecule has 1 fully saturated rings. The fourth-order valence-electron chi connectivity index (χ4n) is 2.67. The van der Waals surface area contributed by atoms with Crippen molar-refractivity contribution in [2.75, 3.05) is 0 Å². The number of nitrogens with zero attached hydrogens (tertiary/aromatic N) is 2. The number of hydrazone groups is 1. The summed E-state index contributed by atoms with van der Waals surface area (Å²) in [7, 11) is 0. The minimum atomic E-state index is -0.580. The summed E-state index contributed by atoms with van der Waals surface area (Å²) >= 11 is 6.06. The second-order valence-corrected chi connectivity index (χ2v) is 6.63. The number of hydrogen-bond donors (Lipinski definition) is 0. The molecule has 0 radical (unpaired) electrons. The summed E-state index contributed by atoms with van der Waals surface area (Å²) in [6.45, 7) is 3.74. The van der Waals surface area contributed by atoms with E-state index in [0.717, 1.165) is 5.56 Å². The van der Waals surface area contributed by atoms with Gasteiger partial charge in [0.15, 0.2) is 6.29 Å². The van der Waals surface area contributed by atoms with E-state index in [9.17, 15) is 9.18 Å². The summed E-state index contributed by atoms with van der Waals surface area (Å²) in [5.41, 5.74) is 1.56. The molecule has 2 aromatic rings. The zero-order chi connectivity index (χ0) is 19.4. The largest absolute Gasteiger partial charge is 0.318 e. The molecular formula is C20H20ClFN2O3. The van der Waals surface area contributed by atoms with Gasteiger partial charge in [0.2, 0.25) is 12.2 Å². The summed E-state index contributed by atoms with van der Waals surface area (Å²) < 4.78 is 24.9. The van der Waals surface area contributed by atoms with Crippen molar-refractivity contribution in [1.29, 1.82) is 0 Å². The minimum absolute atomic E-state index is 0.153. The van der Waals surface area contributed by atoms with Crippen molar-refractivity contribution in [3.63, 3.8) is 0 Å². The van der Waals surface area contributed by atoms with Crippen molar-refractivity contribution < 1.29 is 18.7 Å². The predicted molar refractivity (Wildman–Crippen MR) is 101 cm³/mol. The van der Waals surface area contributed by atoms with Crippen LogP contribution < -0.4 is 0 Å². The quantitative estimate of drug-likeness (QED) is 0.550. The third-order valence-corrected chi connectivity index (χ3v) is 4.46. The SMILES string of the molecule is C/C(=N/N(Cc1ccccc1)C(=O)Cc1c(F)cccc1Cl)C1OC(C)O1. The van der Waals surface area contributed by atoms with Crippen LogP contribution in [0, 0.1) is 5.82 Å². The summed E-state index contributed by atoms with van der Waals surface area (Å²) in [4.78, 5) is 12.9. The third-order valence-electron chi connectivity index (χ3n) is 4.10. The van der Waals surface area contributed by atoms with Gasteiger partial charge >= 0.3 is 0 Å². The van der Waals surface area contributed by atoms with Crippen LogP contribution in [0.1, 0.15) is 25.0 Å². The lowest BCUT2D eigenvalue weighted by Crippen LogP contribution is -2.44. The summed E-state index contributed by atoms with van der Waals surface area (Å²) in [6.07, 6.45) is -1.07. The Labute approximate surface area is 162 Å². The molecular weight excluding hydrogens is 371 g/mol. The number of carbonyl (C=O) groups excluding carboxylic acids is 1. The molecule has 27 heavy (non-hydrogen) atoms. The van der Waals surface area contributed by atoms with E-state index in [1.165, 1.54) is 17.1 Å². The molecule has 0 saturated carbocycles. The average molecular weight is 391 g/mol. The first kappa shape index (κ1) is 19.5. The van der Waals surface area contributed by atoms with Crippen molar-refractivity contribution in [3.8, 4) is 0 Å². The molecule has 0 aromatic heterocycles. The molecule has 1 aliphatic heterocycles. The maximum Gasteiger partial charge on any atom is 0.247 e. The van der Waals surface area contributed by atoms with E-state index < -0.39 is 12.1 Å². The van der Waals surface area contributed by atoms with E-state index in [1.54, 1.807) is 19.9 Å². The lowest BCUT2D eigenvalue weighted by atomic mass is 10.1. The molecule has 7 heteroatoms. The Kier molecular flexibility index (Phi) is 6.21. The molecule has 0 N–H and O–H groups in total. The van der Waals surface area contributed by atoms with Gasteiger partial charge < -0.3 is 9.47 Å². The van der Waals surface area contributed by atoms with E-state index in [4.69, 9.17) is 21.1 Å². The topological polar surface area (TPSA) is 51.1 Å². The van der Waals surface area contributed by atoms with Gasteiger partial charge in [-0.25, -0.2) is 9.40 Å². The van der Waals surface area contributed by atoms with Crippen LogP contribution in [-0.2, 0) is 27.2 Å². The zero-order valence-corrected chi connectivity index (χ0v) is 15.8. The Balaban J connectivity index is 1.82. The average Bonchev–Trinajstić information content (AvgIpc) is 2.62. The van der Waals surface area contributed by atoms with Crippen LogP contribution in [-0.4, -0.2) is 29.2 Å². The maximum absolute atomic E-state index is 14.1. The molecule has 1 heterocycles. The molecule has 1 amide bonds. The number of rotatable bonds is 6. The predicted octanol–water partition coefficient (Wildman–Crippen LogP) is 4.15. The Hall–Kier alpha value is -2.28. The maximum atomic E-state index is 14.1. The normalized spacial score (nSPS) is 19.5. The second-order valence-electron chi connectivity index (χ2n) is 6.23. The van der Waals surface area contributed by atoms with Gasteiger partial charge in [0.1, 0.15) is 5.82 Å². The van der Waals surface area contributed by atoms with Crippen molar-refractivity contribution in [2.24, 2.45) is 5.10 Å². The number of ether oxygens (including phenoxy) is 2. The lowest BCUT2D eigenvalue weighted by molar-refractivity contribution is -0.345. The van der Waals surface area contributed by atoms with Gasteiger partial charge in [-0.15, -0.1) is 0 Å². The van der Waals surface area contributed by atoms with E-state index in [0.29, 0.717) is 5.71 Å². The van der Waals surface area contributed by atoms with E-state index in [-0.39, 0.29) is 35.7 Å². The number of carbonyl (C=O) groups is 1. The molecule has 2 aromatic carbocycles. The van der Waals surface area contributed by atoms with Crippen molar-refractivity contribution in [2.45, 2.75) is 39.4 Å². The highest BCUT2D eigenvalue weighted by Gasteiger charge is 2.30. The van der Waals surface area contributed by atoms with Crippen LogP contribution in [0.25, 0.3) is 0 Å². The van der Waals surface area contributed by atoms with Crippen LogP contribution >= 0.6 is 11.6 Å². The molecule has 0 bridgehead atoms. The smallest absolute Gasteiger partial charge is 0.247 e. The van der Waals surface area contributed by atoms with Crippen molar-refractivity contribution >= 4 is 23.2 Å². The van der Waals surface area contributed by atoms with Crippen LogP contribution in [0.2, 0.25) is 5.02 Å².